The molecule has 31 heavy (non-hydrogen) atoms. The van der Waals surface area contributed by atoms with Gasteiger partial charge in [-0.2, -0.15) is 5.26 Å². The van der Waals surface area contributed by atoms with Crippen molar-refractivity contribution in [3.8, 4) is 6.07 Å². The fourth-order valence-corrected chi connectivity index (χ4v) is 7.73. The van der Waals surface area contributed by atoms with Crippen molar-refractivity contribution in [2.45, 2.75) is 149 Å². The molecule has 0 aromatic heterocycles. The highest BCUT2D eigenvalue weighted by Gasteiger charge is 2.44. The van der Waals surface area contributed by atoms with Gasteiger partial charge in [0.2, 0.25) is 0 Å². The fraction of sp³-hybridized carbons (Fsp3) is 0.967. The lowest BCUT2D eigenvalue weighted by molar-refractivity contribution is 0.0601. The lowest BCUT2D eigenvalue weighted by Crippen LogP contribution is -2.38. The molecule has 3 fully saturated rings. The van der Waals surface area contributed by atoms with Gasteiger partial charge in [-0.3, -0.25) is 0 Å². The largest absolute Gasteiger partial charge is 0.198 e. The first kappa shape index (κ1) is 25.1. The molecule has 0 atom stereocenters. The summed E-state index contributed by atoms with van der Waals surface area (Å²) in [7, 11) is 0. The zero-order valence-electron chi connectivity index (χ0n) is 21.2. The first-order valence-corrected chi connectivity index (χ1v) is 14.6. The van der Waals surface area contributed by atoms with Gasteiger partial charge < -0.3 is 0 Å². The highest BCUT2D eigenvalue weighted by atomic mass is 14.5. The summed E-state index contributed by atoms with van der Waals surface area (Å²) in [6.07, 6.45) is 29.5. The average Bonchev–Trinajstić information content (AvgIpc) is 2.83. The summed E-state index contributed by atoms with van der Waals surface area (Å²) in [5, 5.41) is 10.2. The summed E-state index contributed by atoms with van der Waals surface area (Å²) in [5.74, 6) is 4.62. The molecule has 0 radical (unpaired) electrons. The fourth-order valence-electron chi connectivity index (χ4n) is 7.73. The van der Waals surface area contributed by atoms with Crippen LogP contribution in [0.15, 0.2) is 0 Å². The molecule has 1 heteroatoms. The van der Waals surface area contributed by atoms with Crippen LogP contribution in [0.1, 0.15) is 149 Å². The summed E-state index contributed by atoms with van der Waals surface area (Å²) < 4.78 is 0. The number of rotatable bonds is 11. The molecule has 0 N–H and O–H groups in total. The van der Waals surface area contributed by atoms with Crippen molar-refractivity contribution in [1.82, 2.24) is 0 Å². The quantitative estimate of drug-likeness (QED) is 0.301. The minimum Gasteiger partial charge on any atom is -0.198 e. The molecule has 1 nitrogen and oxygen atoms in total. The Morgan fingerprint density at radius 3 is 1.65 bits per heavy atom. The van der Waals surface area contributed by atoms with Gasteiger partial charge in [0.1, 0.15) is 0 Å². The molecule has 3 rings (SSSR count). The smallest absolute Gasteiger partial charge is 0.0692 e. The Morgan fingerprint density at radius 1 is 0.613 bits per heavy atom. The van der Waals surface area contributed by atoms with Crippen LogP contribution in [0.5, 0.6) is 0 Å². The van der Waals surface area contributed by atoms with Crippen molar-refractivity contribution in [3.05, 3.63) is 0 Å². The van der Waals surface area contributed by atoms with Crippen LogP contribution >= 0.6 is 0 Å². The van der Waals surface area contributed by atoms with Crippen LogP contribution in [0.3, 0.4) is 0 Å². The molecule has 3 saturated carbocycles. The third-order valence-electron chi connectivity index (χ3n) is 10.0. The van der Waals surface area contributed by atoms with Crippen LogP contribution in [0.25, 0.3) is 0 Å². The van der Waals surface area contributed by atoms with Crippen LogP contribution in [0.4, 0.5) is 0 Å². The Labute approximate surface area is 195 Å². The summed E-state index contributed by atoms with van der Waals surface area (Å²) in [6, 6.07) is 2.92. The van der Waals surface area contributed by atoms with Crippen molar-refractivity contribution in [1.29, 1.82) is 5.26 Å². The van der Waals surface area contributed by atoms with Crippen molar-refractivity contribution in [3.63, 3.8) is 0 Å². The molecule has 0 unspecified atom stereocenters. The summed E-state index contributed by atoms with van der Waals surface area (Å²) >= 11 is 0. The van der Waals surface area contributed by atoms with E-state index in [-0.39, 0.29) is 5.41 Å². The molecule has 0 aromatic rings. The van der Waals surface area contributed by atoms with E-state index in [0.29, 0.717) is 5.92 Å². The van der Waals surface area contributed by atoms with E-state index in [9.17, 15) is 5.26 Å². The van der Waals surface area contributed by atoms with Gasteiger partial charge >= 0.3 is 0 Å². The van der Waals surface area contributed by atoms with Crippen LogP contribution < -0.4 is 0 Å². The topological polar surface area (TPSA) is 23.8 Å². The number of nitriles is 1. The zero-order chi connectivity index (χ0) is 21.9. The molecule has 0 heterocycles. The van der Waals surface area contributed by atoms with Crippen LogP contribution in [-0.2, 0) is 0 Å². The second kappa shape index (κ2) is 13.3. The standard InChI is InChI=1S/C30H53N/c1-3-5-7-9-11-25-12-16-27(17-13-25)28-20-22-30(24-31,23-21-28)29-18-14-26(15-19-29)10-8-6-4-2/h25-29H,3-23H2,1-2H3. The molecule has 0 saturated heterocycles. The average molecular weight is 428 g/mol. The van der Waals surface area contributed by atoms with Gasteiger partial charge in [-0.05, 0) is 81.0 Å². The van der Waals surface area contributed by atoms with E-state index in [2.05, 4.69) is 19.9 Å². The lowest BCUT2D eigenvalue weighted by Gasteiger charge is -2.46. The normalized spacial score (nSPS) is 36.7. The molecule has 0 aromatic carbocycles. The predicted molar refractivity (Wildman–Crippen MR) is 134 cm³/mol. The van der Waals surface area contributed by atoms with Gasteiger partial charge in [0.15, 0.2) is 0 Å². The van der Waals surface area contributed by atoms with E-state index in [0.717, 1.165) is 23.7 Å². The van der Waals surface area contributed by atoms with Crippen LogP contribution in [0.2, 0.25) is 0 Å². The first-order valence-electron chi connectivity index (χ1n) is 14.6. The Morgan fingerprint density at radius 2 is 1.10 bits per heavy atom. The monoisotopic (exact) mass is 427 g/mol. The number of hydrogen-bond donors (Lipinski definition) is 0. The van der Waals surface area contributed by atoms with E-state index >= 15 is 0 Å². The van der Waals surface area contributed by atoms with E-state index in [1.165, 1.54) is 135 Å². The number of unbranched alkanes of at least 4 members (excludes halogenated alkanes) is 5. The Bertz CT molecular complexity index is 507. The van der Waals surface area contributed by atoms with E-state index in [1.54, 1.807) is 0 Å². The first-order chi connectivity index (χ1) is 15.2. The SMILES string of the molecule is CCCCCCC1CCC(C2CCC(C#N)(C3CCC(CCCCC)CC3)CC2)CC1. The van der Waals surface area contributed by atoms with Crippen LogP contribution in [-0.4, -0.2) is 0 Å². The van der Waals surface area contributed by atoms with Gasteiger partial charge in [0.05, 0.1) is 11.5 Å². The molecule has 0 amide bonds. The van der Waals surface area contributed by atoms with Crippen molar-refractivity contribution >= 4 is 0 Å². The molecule has 0 aliphatic heterocycles. The molecular formula is C30H53N. The second-order valence-electron chi connectivity index (χ2n) is 11.9. The van der Waals surface area contributed by atoms with Crippen molar-refractivity contribution < 1.29 is 0 Å². The van der Waals surface area contributed by atoms with Gasteiger partial charge in [0.25, 0.3) is 0 Å². The molecule has 3 aliphatic carbocycles. The second-order valence-corrected chi connectivity index (χ2v) is 11.9. The van der Waals surface area contributed by atoms with E-state index < -0.39 is 0 Å². The Kier molecular flexibility index (Phi) is 10.7. The molecule has 0 spiro atoms. The highest BCUT2D eigenvalue weighted by Crippen LogP contribution is 2.52. The van der Waals surface area contributed by atoms with Crippen LogP contribution in [0, 0.1) is 46.3 Å². The van der Waals surface area contributed by atoms with Gasteiger partial charge in [0, 0.05) is 0 Å². The molecule has 178 valence electrons. The lowest BCUT2D eigenvalue weighted by atomic mass is 9.57. The van der Waals surface area contributed by atoms with Gasteiger partial charge in [-0.1, -0.05) is 97.3 Å². The third kappa shape index (κ3) is 7.24. The third-order valence-corrected chi connectivity index (χ3v) is 10.0. The highest BCUT2D eigenvalue weighted by molar-refractivity contribution is 5.06. The number of hydrogen-bond acceptors (Lipinski definition) is 1. The maximum atomic E-state index is 10.2. The maximum Gasteiger partial charge on any atom is 0.0692 e. The van der Waals surface area contributed by atoms with E-state index in [1.807, 2.05) is 0 Å². The maximum absolute atomic E-state index is 10.2. The Hall–Kier alpha value is -0.510. The Balaban J connectivity index is 1.38. The molecule has 3 aliphatic rings. The molecule has 0 bridgehead atoms. The zero-order valence-corrected chi connectivity index (χ0v) is 21.2. The minimum atomic E-state index is 0.0430. The number of nitrogens with zero attached hydrogens (tertiary/aromatic N) is 1. The van der Waals surface area contributed by atoms with E-state index in [4.69, 9.17) is 0 Å². The summed E-state index contributed by atoms with van der Waals surface area (Å²) in [5.41, 5.74) is 0.0430. The van der Waals surface area contributed by atoms with Gasteiger partial charge in [-0.25, -0.2) is 0 Å². The summed E-state index contributed by atoms with van der Waals surface area (Å²) in [4.78, 5) is 0. The molecular weight excluding hydrogens is 374 g/mol. The minimum absolute atomic E-state index is 0.0430. The van der Waals surface area contributed by atoms with Crippen molar-refractivity contribution in [2.75, 3.05) is 0 Å². The summed E-state index contributed by atoms with van der Waals surface area (Å²) in [6.45, 7) is 4.63. The predicted octanol–water partition coefficient (Wildman–Crippen LogP) is 9.85. The van der Waals surface area contributed by atoms with Gasteiger partial charge in [-0.15, -0.1) is 0 Å². The van der Waals surface area contributed by atoms with Crippen molar-refractivity contribution in [2.24, 2.45) is 35.0 Å².